The average Bonchev–Trinajstić information content (AvgIpc) is 2.94. The minimum atomic E-state index is -0.515. The van der Waals surface area contributed by atoms with Crippen LogP contribution < -0.4 is 20.9 Å². The van der Waals surface area contributed by atoms with Crippen LogP contribution >= 0.6 is 0 Å². The molecule has 1 heterocycles. The lowest BCUT2D eigenvalue weighted by Crippen LogP contribution is -2.50. The second-order valence-electron chi connectivity index (χ2n) is 8.91. The fourth-order valence-electron chi connectivity index (χ4n) is 4.19. The van der Waals surface area contributed by atoms with E-state index in [0.717, 1.165) is 5.56 Å². The smallest absolute Gasteiger partial charge is 0.322 e. The molecule has 4 rings (SSSR count). The number of anilines is 3. The zero-order chi connectivity index (χ0) is 27.8. The van der Waals surface area contributed by atoms with Crippen molar-refractivity contribution in [3.63, 3.8) is 0 Å². The maximum atomic E-state index is 13.9. The van der Waals surface area contributed by atoms with Crippen LogP contribution in [0.3, 0.4) is 0 Å². The fourth-order valence-corrected chi connectivity index (χ4v) is 4.19. The monoisotopic (exact) mass is 537 g/mol. The van der Waals surface area contributed by atoms with Crippen LogP contribution in [0.15, 0.2) is 66.7 Å². The number of nitrogens with zero attached hydrogens (tertiary/aromatic N) is 2. The second kappa shape index (κ2) is 12.8. The normalized spacial score (nSPS) is 13.1. The molecule has 0 spiro atoms. The number of para-hydroxylation sites is 1. The van der Waals surface area contributed by atoms with Gasteiger partial charge in [0.2, 0.25) is 5.91 Å². The Hall–Kier alpha value is -4.51. The van der Waals surface area contributed by atoms with Crippen LogP contribution in [0, 0.1) is 11.6 Å². The molecule has 0 atom stereocenters. The summed E-state index contributed by atoms with van der Waals surface area (Å²) >= 11 is 0. The maximum Gasteiger partial charge on any atom is 0.322 e. The number of hydrogen-bond donors (Lipinski definition) is 3. The summed E-state index contributed by atoms with van der Waals surface area (Å²) in [4.78, 5) is 41.5. The van der Waals surface area contributed by atoms with Crippen molar-refractivity contribution >= 4 is 34.9 Å². The van der Waals surface area contributed by atoms with Gasteiger partial charge in [-0.2, -0.15) is 0 Å². The molecule has 4 amide bonds. The Bertz CT molecular complexity index is 1330. The third-order valence-electron chi connectivity index (χ3n) is 6.19. The highest BCUT2D eigenvalue weighted by Crippen LogP contribution is 2.26. The van der Waals surface area contributed by atoms with E-state index in [1.54, 1.807) is 47.4 Å². The summed E-state index contributed by atoms with van der Waals surface area (Å²) in [6, 6.07) is 16.4. The number of nitrogens with one attached hydrogen (secondary N) is 3. The van der Waals surface area contributed by atoms with Gasteiger partial charge in [-0.15, -0.1) is 0 Å². The Balaban J connectivity index is 1.47. The molecule has 3 aromatic rings. The predicted molar refractivity (Wildman–Crippen MR) is 144 cm³/mol. The number of benzene rings is 3. The van der Waals surface area contributed by atoms with Crippen molar-refractivity contribution in [2.24, 2.45) is 0 Å². The van der Waals surface area contributed by atoms with E-state index in [4.69, 9.17) is 4.74 Å². The molecule has 1 fully saturated rings. The van der Waals surface area contributed by atoms with Crippen LogP contribution in [0.2, 0.25) is 0 Å². The number of urea groups is 1. The molecule has 0 bridgehead atoms. The first kappa shape index (κ1) is 27.5. The Morgan fingerprint density at radius 2 is 1.62 bits per heavy atom. The highest BCUT2D eigenvalue weighted by molar-refractivity contribution is 6.02. The summed E-state index contributed by atoms with van der Waals surface area (Å²) in [6.07, 6.45) is 0. The van der Waals surface area contributed by atoms with Crippen LogP contribution in [0.1, 0.15) is 15.9 Å². The van der Waals surface area contributed by atoms with Gasteiger partial charge in [0.15, 0.2) is 0 Å². The van der Waals surface area contributed by atoms with Gasteiger partial charge < -0.3 is 30.5 Å². The van der Waals surface area contributed by atoms with Gasteiger partial charge in [-0.25, -0.2) is 13.6 Å². The molecule has 204 valence electrons. The summed E-state index contributed by atoms with van der Waals surface area (Å²) in [7, 11) is 1.41. The first-order valence-corrected chi connectivity index (χ1v) is 12.3. The van der Waals surface area contributed by atoms with Crippen molar-refractivity contribution in [2.45, 2.75) is 6.54 Å². The highest BCUT2D eigenvalue weighted by Gasteiger charge is 2.25. The average molecular weight is 538 g/mol. The molecule has 3 aromatic carbocycles. The number of methoxy groups -OCH3 is 1. The van der Waals surface area contributed by atoms with Crippen molar-refractivity contribution in [1.82, 2.24) is 10.2 Å². The molecule has 1 aliphatic heterocycles. The third kappa shape index (κ3) is 7.29. The summed E-state index contributed by atoms with van der Waals surface area (Å²) in [5.74, 6) is -1.62. The highest BCUT2D eigenvalue weighted by atomic mass is 19.1. The minimum Gasteiger partial charge on any atom is -0.375 e. The van der Waals surface area contributed by atoms with E-state index in [2.05, 4.69) is 16.0 Å². The van der Waals surface area contributed by atoms with Crippen LogP contribution in [0.4, 0.5) is 30.6 Å². The Morgan fingerprint density at radius 3 is 2.31 bits per heavy atom. The molecule has 11 heteroatoms. The van der Waals surface area contributed by atoms with Gasteiger partial charge in [-0.05, 0) is 48.0 Å². The first-order valence-electron chi connectivity index (χ1n) is 12.3. The van der Waals surface area contributed by atoms with E-state index in [1.165, 1.54) is 31.4 Å². The van der Waals surface area contributed by atoms with Gasteiger partial charge in [0.25, 0.3) is 5.91 Å². The Labute approximate surface area is 224 Å². The SMILES string of the molecule is COCC(=O)Nc1ccc(N2CCN(C(=O)Nc3ccccc3F)CC2)c(C(=O)NCc2ccc(F)cc2)c1. The molecule has 9 nitrogen and oxygen atoms in total. The molecule has 1 aliphatic rings. The minimum absolute atomic E-state index is 0.108. The standard InChI is InChI=1S/C28H29F2N5O4/c1-39-18-26(36)32-21-10-11-25(22(16-21)27(37)31-17-19-6-8-20(29)9-7-19)34-12-14-35(15-13-34)28(38)33-24-5-3-2-4-23(24)30/h2-11,16H,12-15,17-18H2,1H3,(H,31,37)(H,32,36)(H,33,38). The molecule has 39 heavy (non-hydrogen) atoms. The largest absolute Gasteiger partial charge is 0.375 e. The number of halogens is 2. The van der Waals surface area contributed by atoms with E-state index >= 15 is 0 Å². The number of hydrogen-bond acceptors (Lipinski definition) is 5. The number of rotatable bonds is 8. The Morgan fingerprint density at radius 1 is 0.897 bits per heavy atom. The van der Waals surface area contributed by atoms with Gasteiger partial charge in [0.05, 0.1) is 11.3 Å². The van der Waals surface area contributed by atoms with E-state index in [9.17, 15) is 23.2 Å². The summed E-state index contributed by atoms with van der Waals surface area (Å²) in [5.41, 5.74) is 2.22. The van der Waals surface area contributed by atoms with E-state index in [0.29, 0.717) is 43.1 Å². The summed E-state index contributed by atoms with van der Waals surface area (Å²) in [5, 5.41) is 8.14. The lowest BCUT2D eigenvalue weighted by atomic mass is 10.1. The predicted octanol–water partition coefficient (Wildman–Crippen LogP) is 3.83. The van der Waals surface area contributed by atoms with Gasteiger partial charge in [0, 0.05) is 51.2 Å². The zero-order valence-corrected chi connectivity index (χ0v) is 21.4. The topological polar surface area (TPSA) is 103 Å². The number of carbonyl (C=O) groups excluding carboxylic acids is 3. The Kier molecular flexibility index (Phi) is 9.06. The van der Waals surface area contributed by atoms with Crippen LogP contribution in [-0.2, 0) is 16.1 Å². The number of carbonyl (C=O) groups is 3. The van der Waals surface area contributed by atoms with Gasteiger partial charge >= 0.3 is 6.03 Å². The van der Waals surface area contributed by atoms with Crippen molar-refractivity contribution in [2.75, 3.05) is 55.4 Å². The molecular weight excluding hydrogens is 508 g/mol. The lowest BCUT2D eigenvalue weighted by molar-refractivity contribution is -0.119. The second-order valence-corrected chi connectivity index (χ2v) is 8.91. The van der Waals surface area contributed by atoms with Crippen molar-refractivity contribution in [3.8, 4) is 0 Å². The molecule has 0 aromatic heterocycles. The number of ether oxygens (including phenoxy) is 1. The number of amides is 4. The third-order valence-corrected chi connectivity index (χ3v) is 6.19. The lowest BCUT2D eigenvalue weighted by Gasteiger charge is -2.37. The van der Waals surface area contributed by atoms with Crippen molar-refractivity contribution < 1.29 is 27.9 Å². The molecule has 1 saturated heterocycles. The fraction of sp³-hybridized carbons (Fsp3) is 0.250. The van der Waals surface area contributed by atoms with Crippen molar-refractivity contribution in [3.05, 3.63) is 89.5 Å². The van der Waals surface area contributed by atoms with Crippen molar-refractivity contribution in [1.29, 1.82) is 0 Å². The van der Waals surface area contributed by atoms with E-state index in [-0.39, 0.29) is 36.5 Å². The zero-order valence-electron chi connectivity index (χ0n) is 21.4. The van der Waals surface area contributed by atoms with Gasteiger partial charge in [-0.1, -0.05) is 24.3 Å². The van der Waals surface area contributed by atoms with E-state index in [1.807, 2.05) is 4.90 Å². The van der Waals surface area contributed by atoms with Crippen LogP contribution in [-0.4, -0.2) is 62.6 Å². The van der Waals surface area contributed by atoms with Crippen LogP contribution in [0.5, 0.6) is 0 Å². The summed E-state index contributed by atoms with van der Waals surface area (Å²) in [6.45, 7) is 1.61. The molecule has 0 radical (unpaired) electrons. The quantitative estimate of drug-likeness (QED) is 0.405. The number of piperazine rings is 1. The molecule has 0 saturated carbocycles. The van der Waals surface area contributed by atoms with Gasteiger partial charge in [0.1, 0.15) is 18.2 Å². The van der Waals surface area contributed by atoms with E-state index < -0.39 is 11.8 Å². The summed E-state index contributed by atoms with van der Waals surface area (Å²) < 4.78 is 32.0. The molecular formula is C28H29F2N5O4. The first-order chi connectivity index (χ1) is 18.8. The molecule has 3 N–H and O–H groups in total. The van der Waals surface area contributed by atoms with Gasteiger partial charge in [-0.3, -0.25) is 9.59 Å². The maximum absolute atomic E-state index is 13.9. The molecule has 0 aliphatic carbocycles. The van der Waals surface area contributed by atoms with Crippen LogP contribution in [0.25, 0.3) is 0 Å². The molecule has 0 unspecified atom stereocenters.